The van der Waals surface area contributed by atoms with Crippen molar-refractivity contribution in [3.8, 4) is 5.75 Å². The van der Waals surface area contributed by atoms with Crippen LogP contribution in [0.4, 0.5) is 8.78 Å². The fourth-order valence-corrected chi connectivity index (χ4v) is 1.57. The molecule has 0 N–H and O–H groups in total. The summed E-state index contributed by atoms with van der Waals surface area (Å²) < 4.78 is 30.6. The molecule has 0 aliphatic heterocycles. The van der Waals surface area contributed by atoms with E-state index in [4.69, 9.17) is 4.74 Å². The van der Waals surface area contributed by atoms with Crippen molar-refractivity contribution in [1.29, 1.82) is 0 Å². The number of ether oxygens (including phenoxy) is 1. The summed E-state index contributed by atoms with van der Waals surface area (Å²) in [5.41, 5.74) is -0.00750. The summed E-state index contributed by atoms with van der Waals surface area (Å²) in [6.07, 6.45) is -2.46. The first-order valence-electron chi connectivity index (χ1n) is 4.71. The predicted octanol–water partition coefficient (Wildman–Crippen LogP) is 4.42. The van der Waals surface area contributed by atoms with E-state index in [1.54, 1.807) is 12.1 Å². The Bertz CT molecular complexity index is 326. The van der Waals surface area contributed by atoms with Crippen LogP contribution in [0.1, 0.15) is 25.8 Å². The van der Waals surface area contributed by atoms with Gasteiger partial charge in [0.05, 0.1) is 6.61 Å². The Balaban J connectivity index is 2.73. The second-order valence-corrected chi connectivity index (χ2v) is 4.54. The second kappa shape index (κ2) is 5.45. The Hall–Kier alpha value is -0.640. The first kappa shape index (κ1) is 12.4. The van der Waals surface area contributed by atoms with E-state index in [1.165, 1.54) is 6.07 Å². The first-order valence-corrected chi connectivity index (χ1v) is 5.50. The van der Waals surface area contributed by atoms with E-state index in [-0.39, 0.29) is 5.56 Å². The highest BCUT2D eigenvalue weighted by molar-refractivity contribution is 9.10. The molecule has 15 heavy (non-hydrogen) atoms. The van der Waals surface area contributed by atoms with Gasteiger partial charge < -0.3 is 4.74 Å². The summed E-state index contributed by atoms with van der Waals surface area (Å²) in [6, 6.07) is 4.52. The van der Waals surface area contributed by atoms with Gasteiger partial charge >= 0.3 is 0 Å². The molecule has 0 aliphatic rings. The van der Waals surface area contributed by atoms with Crippen LogP contribution in [0, 0.1) is 5.92 Å². The van der Waals surface area contributed by atoms with Crippen LogP contribution in [-0.4, -0.2) is 6.61 Å². The molecule has 0 fully saturated rings. The number of benzene rings is 1. The van der Waals surface area contributed by atoms with Crippen molar-refractivity contribution in [1.82, 2.24) is 0 Å². The van der Waals surface area contributed by atoms with Crippen molar-refractivity contribution in [2.75, 3.05) is 6.61 Å². The van der Waals surface area contributed by atoms with Crippen LogP contribution < -0.4 is 4.74 Å². The fourth-order valence-electron chi connectivity index (χ4n) is 1.04. The molecule has 0 spiro atoms. The molecular formula is C11H13BrF2O. The summed E-state index contributed by atoms with van der Waals surface area (Å²) in [5, 5.41) is 0. The topological polar surface area (TPSA) is 9.23 Å². The van der Waals surface area contributed by atoms with Gasteiger partial charge in [-0.05, 0) is 24.1 Å². The Labute approximate surface area is 96.6 Å². The van der Waals surface area contributed by atoms with Gasteiger partial charge in [-0.25, -0.2) is 8.78 Å². The Morgan fingerprint density at radius 3 is 2.47 bits per heavy atom. The van der Waals surface area contributed by atoms with E-state index in [1.807, 2.05) is 13.8 Å². The zero-order valence-electron chi connectivity index (χ0n) is 8.64. The van der Waals surface area contributed by atoms with Crippen LogP contribution in [0.2, 0.25) is 0 Å². The third kappa shape index (κ3) is 3.78. The molecule has 1 aromatic rings. The van der Waals surface area contributed by atoms with E-state index in [0.29, 0.717) is 22.7 Å². The molecule has 0 aliphatic carbocycles. The van der Waals surface area contributed by atoms with Gasteiger partial charge in [0.25, 0.3) is 6.43 Å². The normalized spacial score (nSPS) is 11.1. The molecular weight excluding hydrogens is 266 g/mol. The monoisotopic (exact) mass is 278 g/mol. The van der Waals surface area contributed by atoms with Crippen molar-refractivity contribution in [3.05, 3.63) is 28.2 Å². The number of rotatable bonds is 4. The average Bonchev–Trinajstić information content (AvgIpc) is 2.14. The number of halogens is 3. The highest BCUT2D eigenvalue weighted by atomic mass is 79.9. The van der Waals surface area contributed by atoms with Gasteiger partial charge in [-0.2, -0.15) is 0 Å². The standard InChI is InChI=1S/C11H13BrF2O/c1-7(2)6-15-8-3-4-9(11(13)14)10(12)5-8/h3-5,7,11H,6H2,1-2H3. The summed E-state index contributed by atoms with van der Waals surface area (Å²) in [7, 11) is 0. The maximum absolute atomic E-state index is 12.4. The lowest BCUT2D eigenvalue weighted by Crippen LogP contribution is -2.04. The molecule has 0 heterocycles. The molecule has 0 unspecified atom stereocenters. The van der Waals surface area contributed by atoms with Crippen molar-refractivity contribution in [2.45, 2.75) is 20.3 Å². The van der Waals surface area contributed by atoms with E-state index in [0.717, 1.165) is 0 Å². The maximum Gasteiger partial charge on any atom is 0.264 e. The van der Waals surface area contributed by atoms with Gasteiger partial charge in [0, 0.05) is 10.0 Å². The highest BCUT2D eigenvalue weighted by Crippen LogP contribution is 2.30. The molecule has 84 valence electrons. The third-order valence-electron chi connectivity index (χ3n) is 1.79. The van der Waals surface area contributed by atoms with E-state index >= 15 is 0 Å². The Morgan fingerprint density at radius 2 is 2.00 bits per heavy atom. The molecule has 1 aromatic carbocycles. The molecule has 1 nitrogen and oxygen atoms in total. The minimum absolute atomic E-state index is 0.00750. The first-order chi connectivity index (χ1) is 7.00. The van der Waals surface area contributed by atoms with E-state index in [9.17, 15) is 8.78 Å². The van der Waals surface area contributed by atoms with Crippen LogP contribution in [0.3, 0.4) is 0 Å². The maximum atomic E-state index is 12.4. The zero-order chi connectivity index (χ0) is 11.4. The molecule has 0 saturated carbocycles. The van der Waals surface area contributed by atoms with Crippen molar-refractivity contribution in [2.24, 2.45) is 5.92 Å². The summed E-state index contributed by atoms with van der Waals surface area (Å²) in [4.78, 5) is 0. The van der Waals surface area contributed by atoms with Crippen molar-refractivity contribution < 1.29 is 13.5 Å². The molecule has 0 bridgehead atoms. The molecule has 0 saturated heterocycles. The lowest BCUT2D eigenvalue weighted by atomic mass is 10.2. The van der Waals surface area contributed by atoms with Crippen molar-refractivity contribution >= 4 is 15.9 Å². The molecule has 0 radical (unpaired) electrons. The minimum Gasteiger partial charge on any atom is -0.493 e. The molecule has 1 rings (SSSR count). The van der Waals surface area contributed by atoms with E-state index < -0.39 is 6.43 Å². The predicted molar refractivity (Wildman–Crippen MR) is 59.4 cm³/mol. The Morgan fingerprint density at radius 1 is 1.33 bits per heavy atom. The number of alkyl halides is 2. The molecule has 0 amide bonds. The fraction of sp³-hybridized carbons (Fsp3) is 0.455. The second-order valence-electron chi connectivity index (χ2n) is 3.69. The largest absolute Gasteiger partial charge is 0.493 e. The SMILES string of the molecule is CC(C)COc1ccc(C(F)F)c(Br)c1. The quantitative estimate of drug-likeness (QED) is 0.792. The number of hydrogen-bond donors (Lipinski definition) is 0. The summed E-state index contributed by atoms with van der Waals surface area (Å²) in [5.74, 6) is 1.03. The van der Waals surface area contributed by atoms with E-state index in [2.05, 4.69) is 15.9 Å². The van der Waals surface area contributed by atoms with Gasteiger partial charge in [-0.15, -0.1) is 0 Å². The molecule has 4 heteroatoms. The van der Waals surface area contributed by atoms with Gasteiger partial charge in [0.15, 0.2) is 0 Å². The van der Waals surface area contributed by atoms with Crippen LogP contribution in [0.25, 0.3) is 0 Å². The van der Waals surface area contributed by atoms with Crippen LogP contribution in [-0.2, 0) is 0 Å². The van der Waals surface area contributed by atoms with Gasteiger partial charge in [-0.1, -0.05) is 29.8 Å². The highest BCUT2D eigenvalue weighted by Gasteiger charge is 2.11. The van der Waals surface area contributed by atoms with Gasteiger partial charge in [0.1, 0.15) is 5.75 Å². The van der Waals surface area contributed by atoms with Crippen LogP contribution >= 0.6 is 15.9 Å². The number of hydrogen-bond acceptors (Lipinski definition) is 1. The third-order valence-corrected chi connectivity index (χ3v) is 2.48. The average molecular weight is 279 g/mol. The Kier molecular flexibility index (Phi) is 4.51. The molecule has 0 aromatic heterocycles. The van der Waals surface area contributed by atoms with Crippen LogP contribution in [0.5, 0.6) is 5.75 Å². The summed E-state index contributed by atoms with van der Waals surface area (Å²) in [6.45, 7) is 4.64. The van der Waals surface area contributed by atoms with Crippen molar-refractivity contribution in [3.63, 3.8) is 0 Å². The minimum atomic E-state index is -2.46. The zero-order valence-corrected chi connectivity index (χ0v) is 10.2. The van der Waals surface area contributed by atoms with Gasteiger partial charge in [-0.3, -0.25) is 0 Å². The molecule has 0 atom stereocenters. The lowest BCUT2D eigenvalue weighted by molar-refractivity contribution is 0.150. The summed E-state index contributed by atoms with van der Waals surface area (Å²) >= 11 is 3.09. The lowest BCUT2D eigenvalue weighted by Gasteiger charge is -2.10. The smallest absolute Gasteiger partial charge is 0.264 e. The van der Waals surface area contributed by atoms with Crippen LogP contribution in [0.15, 0.2) is 22.7 Å². The van der Waals surface area contributed by atoms with Gasteiger partial charge in [0.2, 0.25) is 0 Å².